The number of rotatable bonds is 2. The van der Waals surface area contributed by atoms with Crippen LogP contribution in [0.1, 0.15) is 25.0 Å². The number of carbonyl (C=O) groups excluding carboxylic acids is 2. The van der Waals surface area contributed by atoms with Gasteiger partial charge in [-0.2, -0.15) is 0 Å². The van der Waals surface area contributed by atoms with Crippen molar-refractivity contribution in [3.05, 3.63) is 23.3 Å². The van der Waals surface area contributed by atoms with Gasteiger partial charge < -0.3 is 0 Å². The summed E-state index contributed by atoms with van der Waals surface area (Å²) in [6, 6.07) is 3.78. The third-order valence-corrected chi connectivity index (χ3v) is 3.32. The van der Waals surface area contributed by atoms with Crippen LogP contribution in [-0.4, -0.2) is 11.8 Å². The van der Waals surface area contributed by atoms with Gasteiger partial charge in [0.15, 0.2) is 0 Å². The molecule has 1 aromatic carbocycles. The Balaban J connectivity index is 3.47. The van der Waals surface area contributed by atoms with Gasteiger partial charge in [0.05, 0.1) is 5.69 Å². The van der Waals surface area contributed by atoms with E-state index in [1.165, 1.54) is 13.8 Å². The van der Waals surface area contributed by atoms with Crippen LogP contribution < -0.4 is 4.90 Å². The summed E-state index contributed by atoms with van der Waals surface area (Å²) in [6.07, 6.45) is 0. The van der Waals surface area contributed by atoms with Crippen LogP contribution in [0.2, 0.25) is 0 Å². The van der Waals surface area contributed by atoms with E-state index >= 15 is 0 Å². The highest BCUT2D eigenvalue weighted by Crippen LogP contribution is 2.36. The van der Waals surface area contributed by atoms with Crippen molar-refractivity contribution < 1.29 is 9.59 Å². The molecule has 0 aliphatic heterocycles. The summed E-state index contributed by atoms with van der Waals surface area (Å²) in [5.74, 6) is -0.618. The highest BCUT2D eigenvalue weighted by Gasteiger charge is 2.22. The summed E-state index contributed by atoms with van der Waals surface area (Å²) in [5, 5.41) is 0. The van der Waals surface area contributed by atoms with E-state index in [4.69, 9.17) is 10.7 Å². The van der Waals surface area contributed by atoms with Crippen LogP contribution in [0.5, 0.6) is 0 Å². The van der Waals surface area contributed by atoms with Crippen molar-refractivity contribution in [2.24, 2.45) is 0 Å². The Labute approximate surface area is 110 Å². The maximum Gasteiger partial charge on any atom is 0.230 e. The molecule has 0 bridgehead atoms. The van der Waals surface area contributed by atoms with Gasteiger partial charge in [-0.15, -0.1) is 0 Å². The number of halogens is 1. The Morgan fingerprint density at radius 2 is 1.71 bits per heavy atom. The predicted molar refractivity (Wildman–Crippen MR) is 71.5 cm³/mol. The molecule has 0 spiro atoms. The van der Waals surface area contributed by atoms with Gasteiger partial charge in [0.1, 0.15) is 0 Å². The van der Waals surface area contributed by atoms with Crippen molar-refractivity contribution in [1.82, 2.24) is 0 Å². The Morgan fingerprint density at radius 3 is 2.12 bits per heavy atom. The fraction of sp³-hybridized carbons (Fsp3) is 0.333. The molecule has 0 unspecified atom stereocenters. The largest absolute Gasteiger partial charge is 0.274 e. The minimum Gasteiger partial charge on any atom is -0.274 e. The van der Waals surface area contributed by atoms with Gasteiger partial charge in [0, 0.05) is 18.7 Å². The van der Waals surface area contributed by atoms with Gasteiger partial charge in [-0.1, -0.05) is 6.07 Å². The molecule has 0 aliphatic carbocycles. The molecule has 5 heteroatoms. The summed E-state index contributed by atoms with van der Waals surface area (Å²) in [5.41, 5.74) is 2.48. The van der Waals surface area contributed by atoms with Crippen molar-refractivity contribution in [3.8, 4) is 0 Å². The number of hydrogen-bond donors (Lipinski definition) is 0. The first-order valence-corrected chi connectivity index (χ1v) is 6.73. The molecule has 0 aromatic heterocycles. The summed E-state index contributed by atoms with van der Waals surface area (Å²) >= 11 is 0. The number of imide groups is 1. The summed E-state index contributed by atoms with van der Waals surface area (Å²) < 4.78 is 0. The molecule has 1 rings (SSSR count). The van der Waals surface area contributed by atoms with E-state index in [2.05, 4.69) is 0 Å². The van der Waals surface area contributed by atoms with Crippen molar-refractivity contribution >= 4 is 39.2 Å². The minimum absolute atomic E-state index is 0.309. The van der Waals surface area contributed by atoms with Crippen LogP contribution in [0.4, 0.5) is 5.69 Å². The van der Waals surface area contributed by atoms with E-state index < -0.39 is 0 Å². The molecule has 0 radical (unpaired) electrons. The van der Waals surface area contributed by atoms with Crippen LogP contribution in [0.15, 0.2) is 17.0 Å². The fourth-order valence-electron chi connectivity index (χ4n) is 1.80. The van der Waals surface area contributed by atoms with Crippen LogP contribution in [-0.2, 0) is 9.59 Å². The summed E-state index contributed by atoms with van der Waals surface area (Å²) in [4.78, 5) is 25.0. The van der Waals surface area contributed by atoms with Crippen molar-refractivity contribution in [2.45, 2.75) is 32.6 Å². The zero-order valence-corrected chi connectivity index (χ0v) is 11.8. The van der Waals surface area contributed by atoms with Crippen molar-refractivity contribution in [2.75, 3.05) is 4.90 Å². The lowest BCUT2D eigenvalue weighted by Crippen LogP contribution is -2.34. The molecule has 3 nitrogen and oxygen atoms in total. The minimum atomic E-state index is -0.309. The average molecular weight is 272 g/mol. The Bertz CT molecular complexity index is 460. The summed E-state index contributed by atoms with van der Waals surface area (Å²) in [7, 11) is 6.81. The van der Waals surface area contributed by atoms with Crippen LogP contribution >= 0.6 is 21.7 Å². The molecule has 17 heavy (non-hydrogen) atoms. The standard InChI is InChI=1S/C12H14ClNO2S/c1-7-5-8(2)12(11(6-7)17-13)14(9(3)15)10(4)16/h5-6H,1-4H3. The van der Waals surface area contributed by atoms with Crippen molar-refractivity contribution in [3.63, 3.8) is 0 Å². The highest BCUT2D eigenvalue weighted by atomic mass is 35.7. The maximum atomic E-state index is 11.5. The molecular formula is C12H14ClNO2S. The van der Waals surface area contributed by atoms with Gasteiger partial charge in [-0.05, 0) is 52.7 Å². The number of hydrogen-bond acceptors (Lipinski definition) is 3. The number of benzene rings is 1. The lowest BCUT2D eigenvalue weighted by atomic mass is 10.1. The van der Waals surface area contributed by atoms with Crippen molar-refractivity contribution in [1.29, 1.82) is 0 Å². The molecule has 92 valence electrons. The quantitative estimate of drug-likeness (QED) is 0.827. The van der Waals surface area contributed by atoms with Gasteiger partial charge in [0.2, 0.25) is 11.8 Å². The third kappa shape index (κ3) is 3.01. The molecule has 1 aromatic rings. The number of aryl methyl sites for hydroxylation is 2. The van der Waals surface area contributed by atoms with E-state index in [1.54, 1.807) is 0 Å². The number of nitrogens with zero attached hydrogens (tertiary/aromatic N) is 1. The second kappa shape index (κ2) is 5.56. The Morgan fingerprint density at radius 1 is 1.18 bits per heavy atom. The maximum absolute atomic E-state index is 11.5. The van der Waals surface area contributed by atoms with Gasteiger partial charge in [-0.3, -0.25) is 9.59 Å². The van der Waals surface area contributed by atoms with E-state index in [1.807, 2.05) is 26.0 Å². The number of amides is 2. The molecule has 2 amide bonds. The predicted octanol–water partition coefficient (Wildman–Crippen LogP) is 3.45. The fourth-order valence-corrected chi connectivity index (χ4v) is 2.71. The second-order valence-electron chi connectivity index (χ2n) is 3.88. The molecule has 0 saturated carbocycles. The van der Waals surface area contributed by atoms with E-state index in [0.717, 1.165) is 31.9 Å². The second-order valence-corrected chi connectivity index (χ2v) is 4.94. The van der Waals surface area contributed by atoms with Gasteiger partial charge >= 0.3 is 0 Å². The zero-order valence-electron chi connectivity index (χ0n) is 10.2. The molecule has 0 saturated heterocycles. The topological polar surface area (TPSA) is 37.4 Å². The highest BCUT2D eigenvalue weighted by molar-refractivity contribution is 8.21. The third-order valence-electron chi connectivity index (χ3n) is 2.35. The molecular weight excluding hydrogens is 258 g/mol. The zero-order chi connectivity index (χ0) is 13.2. The van der Waals surface area contributed by atoms with Crippen LogP contribution in [0.3, 0.4) is 0 Å². The first-order chi connectivity index (χ1) is 7.88. The SMILES string of the molecule is CC(=O)N(C(C)=O)c1c(C)cc(C)cc1SCl. The average Bonchev–Trinajstić information content (AvgIpc) is 2.20. The first kappa shape index (κ1) is 14.1. The normalized spacial score (nSPS) is 10.2. The summed E-state index contributed by atoms with van der Waals surface area (Å²) in [6.45, 7) is 6.53. The molecule has 0 atom stereocenters. The van der Waals surface area contributed by atoms with E-state index in [-0.39, 0.29) is 11.8 Å². The molecule has 0 heterocycles. The lowest BCUT2D eigenvalue weighted by molar-refractivity contribution is -0.124. The molecule has 0 fully saturated rings. The van der Waals surface area contributed by atoms with Crippen LogP contribution in [0, 0.1) is 13.8 Å². The smallest absolute Gasteiger partial charge is 0.230 e. The molecule has 0 N–H and O–H groups in total. The molecule has 0 aliphatic rings. The Hall–Kier alpha value is -1.000. The first-order valence-electron chi connectivity index (χ1n) is 5.09. The van der Waals surface area contributed by atoms with E-state index in [0.29, 0.717) is 5.69 Å². The van der Waals surface area contributed by atoms with Gasteiger partial charge in [-0.25, -0.2) is 4.90 Å². The van der Waals surface area contributed by atoms with E-state index in [9.17, 15) is 9.59 Å². The Kier molecular flexibility index (Phi) is 4.60. The lowest BCUT2D eigenvalue weighted by Gasteiger charge is -2.22. The monoisotopic (exact) mass is 271 g/mol. The van der Waals surface area contributed by atoms with Gasteiger partial charge in [0.25, 0.3) is 0 Å². The van der Waals surface area contributed by atoms with Crippen LogP contribution in [0.25, 0.3) is 0 Å². The number of carbonyl (C=O) groups is 2. The number of anilines is 1.